The molecule has 11 heteroatoms. The van der Waals surface area contributed by atoms with Crippen molar-refractivity contribution in [3.8, 4) is 5.75 Å². The lowest BCUT2D eigenvalue weighted by Gasteiger charge is -2.39. The van der Waals surface area contributed by atoms with Gasteiger partial charge in [0, 0.05) is 32.2 Å². The molecular formula is C17H25F3IN3O3S. The molecule has 0 unspecified atom stereocenters. The second-order valence-corrected chi connectivity index (χ2v) is 9.66. The van der Waals surface area contributed by atoms with E-state index in [2.05, 4.69) is 10.3 Å². The van der Waals surface area contributed by atoms with Crippen LogP contribution in [0.3, 0.4) is 0 Å². The highest BCUT2D eigenvalue weighted by Crippen LogP contribution is 2.25. The van der Waals surface area contributed by atoms with E-state index in [0.29, 0.717) is 18.1 Å². The first-order valence-electron chi connectivity index (χ1n) is 8.40. The predicted molar refractivity (Wildman–Crippen MR) is 113 cm³/mol. The zero-order valence-electron chi connectivity index (χ0n) is 15.9. The van der Waals surface area contributed by atoms with Crippen LogP contribution in [-0.4, -0.2) is 62.7 Å². The van der Waals surface area contributed by atoms with Crippen LogP contribution < -0.4 is 10.1 Å². The van der Waals surface area contributed by atoms with E-state index in [-0.39, 0.29) is 48.6 Å². The summed E-state index contributed by atoms with van der Waals surface area (Å²) in [6.07, 6.45) is -4.42. The third-order valence-corrected chi connectivity index (χ3v) is 6.89. The third-order valence-electron chi connectivity index (χ3n) is 4.36. The number of guanidine groups is 1. The summed E-state index contributed by atoms with van der Waals surface area (Å²) in [6, 6.07) is 6.44. The summed E-state index contributed by atoms with van der Waals surface area (Å²) in [4.78, 5) is 6.00. The summed E-state index contributed by atoms with van der Waals surface area (Å²) < 4.78 is 65.5. The number of halogens is 4. The Balaban J connectivity index is 0.00000392. The Morgan fingerprint density at radius 3 is 2.54 bits per heavy atom. The number of ether oxygens (including phenoxy) is 1. The van der Waals surface area contributed by atoms with Crippen molar-refractivity contribution in [2.75, 3.05) is 32.5 Å². The Labute approximate surface area is 180 Å². The zero-order chi connectivity index (χ0) is 20.3. The third kappa shape index (κ3) is 6.39. The highest BCUT2D eigenvalue weighted by Gasteiger charge is 2.41. The molecule has 0 radical (unpaired) electrons. The van der Waals surface area contributed by atoms with E-state index in [4.69, 9.17) is 4.74 Å². The fraction of sp³-hybridized carbons (Fsp3) is 0.588. The number of benzene rings is 1. The molecule has 0 atom stereocenters. The van der Waals surface area contributed by atoms with Gasteiger partial charge < -0.3 is 15.0 Å². The van der Waals surface area contributed by atoms with Gasteiger partial charge in [0.1, 0.15) is 5.75 Å². The Morgan fingerprint density at radius 1 is 1.32 bits per heavy atom. The van der Waals surface area contributed by atoms with Gasteiger partial charge in [0.05, 0.1) is 10.5 Å². The number of nitrogens with zero attached hydrogens (tertiary/aromatic N) is 2. The molecule has 1 heterocycles. The maximum absolute atomic E-state index is 12.4. The van der Waals surface area contributed by atoms with Gasteiger partial charge in [0.25, 0.3) is 0 Å². The number of hydrogen-bond acceptors (Lipinski definition) is 4. The van der Waals surface area contributed by atoms with Gasteiger partial charge in [-0.1, -0.05) is 18.2 Å². The molecule has 0 bridgehead atoms. The summed E-state index contributed by atoms with van der Waals surface area (Å²) in [5.74, 6) is 0.648. The van der Waals surface area contributed by atoms with E-state index < -0.39 is 27.4 Å². The van der Waals surface area contributed by atoms with Crippen LogP contribution in [0.1, 0.15) is 19.4 Å². The number of alkyl halides is 3. The van der Waals surface area contributed by atoms with Gasteiger partial charge in [-0.3, -0.25) is 4.99 Å². The number of nitrogens with one attached hydrogen (secondary N) is 1. The first kappa shape index (κ1) is 24.8. The van der Waals surface area contributed by atoms with Crippen molar-refractivity contribution in [1.29, 1.82) is 0 Å². The maximum Gasteiger partial charge on any atom is 0.422 e. The molecular weight excluding hydrogens is 510 g/mol. The minimum atomic E-state index is -4.42. The average molecular weight is 535 g/mol. The van der Waals surface area contributed by atoms with Gasteiger partial charge in [0.2, 0.25) is 0 Å². The lowest BCUT2D eigenvalue weighted by atomic mass is 10.2. The Hall–Kier alpha value is -1.24. The monoisotopic (exact) mass is 535 g/mol. The molecule has 6 nitrogen and oxygen atoms in total. The number of para-hydroxylation sites is 1. The number of aliphatic imine (C=N–C) groups is 1. The second-order valence-electron chi connectivity index (χ2n) is 6.91. The molecule has 0 aromatic heterocycles. The summed E-state index contributed by atoms with van der Waals surface area (Å²) in [6.45, 7) is 2.75. The highest BCUT2D eigenvalue weighted by molar-refractivity contribution is 14.0. The normalized spacial score (nSPS) is 18.9. The molecule has 1 aliphatic heterocycles. The summed E-state index contributed by atoms with van der Waals surface area (Å²) in [7, 11) is -1.61. The Morgan fingerprint density at radius 2 is 1.96 bits per heavy atom. The molecule has 1 fully saturated rings. The van der Waals surface area contributed by atoms with Gasteiger partial charge in [-0.2, -0.15) is 13.2 Å². The molecule has 1 aromatic rings. The molecule has 0 spiro atoms. The van der Waals surface area contributed by atoms with Crippen LogP contribution in [0.2, 0.25) is 0 Å². The quantitative estimate of drug-likeness (QED) is 0.365. The van der Waals surface area contributed by atoms with Crippen molar-refractivity contribution in [2.45, 2.75) is 31.3 Å². The maximum atomic E-state index is 12.4. The van der Waals surface area contributed by atoms with Crippen LogP contribution in [0.25, 0.3) is 0 Å². The lowest BCUT2D eigenvalue weighted by Crippen LogP contribution is -2.57. The lowest BCUT2D eigenvalue weighted by molar-refractivity contribution is -0.153. The smallest absolute Gasteiger partial charge is 0.422 e. The number of hydrogen-bond donors (Lipinski definition) is 1. The van der Waals surface area contributed by atoms with Crippen molar-refractivity contribution >= 4 is 39.8 Å². The van der Waals surface area contributed by atoms with Crippen LogP contribution in [0.5, 0.6) is 5.75 Å². The molecule has 2 rings (SSSR count). The SMILES string of the molecule is CN=C(NCc1ccccc1OCC(F)(F)F)N1CCS(=O)(=O)C(C)(C)C1.I. The first-order chi connectivity index (χ1) is 12.5. The van der Waals surface area contributed by atoms with E-state index in [1.165, 1.54) is 6.07 Å². The molecule has 0 aliphatic carbocycles. The van der Waals surface area contributed by atoms with Crippen molar-refractivity contribution in [2.24, 2.45) is 4.99 Å². The summed E-state index contributed by atoms with van der Waals surface area (Å²) in [5.41, 5.74) is 0.548. The van der Waals surface area contributed by atoms with Crippen molar-refractivity contribution in [3.63, 3.8) is 0 Å². The molecule has 0 saturated carbocycles. The van der Waals surface area contributed by atoms with Gasteiger partial charge in [-0.25, -0.2) is 8.42 Å². The fourth-order valence-corrected chi connectivity index (χ4v) is 4.15. The zero-order valence-corrected chi connectivity index (χ0v) is 19.1. The van der Waals surface area contributed by atoms with Crippen LogP contribution in [-0.2, 0) is 16.4 Å². The van der Waals surface area contributed by atoms with Crippen molar-refractivity contribution in [1.82, 2.24) is 10.2 Å². The van der Waals surface area contributed by atoms with Crippen LogP contribution >= 0.6 is 24.0 Å². The Kier molecular flexibility index (Phi) is 8.42. The average Bonchev–Trinajstić information content (AvgIpc) is 2.57. The van der Waals surface area contributed by atoms with Gasteiger partial charge in [-0.15, -0.1) is 24.0 Å². The molecule has 1 saturated heterocycles. The molecule has 1 aromatic carbocycles. The Bertz CT molecular complexity index is 798. The standard InChI is InChI=1S/C17H24F3N3O3S.HI/c1-16(2)11-23(8-9-27(16,24)25)15(21-3)22-10-13-6-4-5-7-14(13)26-12-17(18,19)20;/h4-7H,8-12H2,1-3H3,(H,21,22);1H. The topological polar surface area (TPSA) is 71.0 Å². The van der Waals surface area contributed by atoms with E-state index >= 15 is 0 Å². The van der Waals surface area contributed by atoms with E-state index in [9.17, 15) is 21.6 Å². The summed E-state index contributed by atoms with van der Waals surface area (Å²) >= 11 is 0. The van der Waals surface area contributed by atoms with Crippen LogP contribution in [0.4, 0.5) is 13.2 Å². The van der Waals surface area contributed by atoms with Crippen molar-refractivity contribution in [3.05, 3.63) is 29.8 Å². The minimum absolute atomic E-state index is 0. The van der Waals surface area contributed by atoms with Gasteiger partial charge >= 0.3 is 6.18 Å². The largest absolute Gasteiger partial charge is 0.484 e. The predicted octanol–water partition coefficient (Wildman–Crippen LogP) is 2.83. The van der Waals surface area contributed by atoms with Gasteiger partial charge in [-0.05, 0) is 19.9 Å². The van der Waals surface area contributed by atoms with E-state index in [1.807, 2.05) is 4.90 Å². The molecule has 0 amide bonds. The van der Waals surface area contributed by atoms with Gasteiger partial charge in [0.15, 0.2) is 22.4 Å². The molecule has 1 N–H and O–H groups in total. The highest BCUT2D eigenvalue weighted by atomic mass is 127. The minimum Gasteiger partial charge on any atom is -0.484 e. The number of rotatable bonds is 4. The van der Waals surface area contributed by atoms with Crippen LogP contribution in [0.15, 0.2) is 29.3 Å². The van der Waals surface area contributed by atoms with E-state index in [0.717, 1.165) is 0 Å². The van der Waals surface area contributed by atoms with Crippen LogP contribution in [0, 0.1) is 0 Å². The fourth-order valence-electron chi connectivity index (χ4n) is 2.78. The molecule has 160 valence electrons. The van der Waals surface area contributed by atoms with E-state index in [1.54, 1.807) is 39.1 Å². The van der Waals surface area contributed by atoms with Crippen molar-refractivity contribution < 1.29 is 26.3 Å². The molecule has 1 aliphatic rings. The number of sulfone groups is 1. The summed E-state index contributed by atoms with van der Waals surface area (Å²) in [5, 5.41) is 3.08. The molecule has 28 heavy (non-hydrogen) atoms. The second kappa shape index (κ2) is 9.51. The first-order valence-corrected chi connectivity index (χ1v) is 10.1.